The minimum Gasteiger partial charge on any atom is -0.496 e. The fourth-order valence-electron chi connectivity index (χ4n) is 3.56. The smallest absolute Gasteiger partial charge is 0.122 e. The maximum atomic E-state index is 5.52. The SMILES string of the molecule is COc1cc(C(CNC2CC2)C2CCCC2)ccc1C. The van der Waals surface area contributed by atoms with Crippen molar-refractivity contribution in [1.29, 1.82) is 0 Å². The lowest BCUT2D eigenvalue weighted by Gasteiger charge is -2.25. The number of hydrogen-bond donors (Lipinski definition) is 1. The summed E-state index contributed by atoms with van der Waals surface area (Å²) in [6.45, 7) is 3.26. The molecule has 3 rings (SSSR count). The van der Waals surface area contributed by atoms with Crippen molar-refractivity contribution in [3.05, 3.63) is 29.3 Å². The first-order valence-electron chi connectivity index (χ1n) is 8.16. The van der Waals surface area contributed by atoms with Gasteiger partial charge in [-0.1, -0.05) is 25.0 Å². The van der Waals surface area contributed by atoms with E-state index in [-0.39, 0.29) is 0 Å². The Kier molecular flexibility index (Phi) is 4.30. The van der Waals surface area contributed by atoms with Crippen LogP contribution >= 0.6 is 0 Å². The second-order valence-electron chi connectivity index (χ2n) is 6.56. The third-order valence-electron chi connectivity index (χ3n) is 5.03. The summed E-state index contributed by atoms with van der Waals surface area (Å²) in [7, 11) is 1.78. The average molecular weight is 273 g/mol. The first-order valence-corrected chi connectivity index (χ1v) is 8.16. The fraction of sp³-hybridized carbons (Fsp3) is 0.667. The molecule has 0 aromatic heterocycles. The molecule has 2 heteroatoms. The molecule has 1 unspecified atom stereocenters. The van der Waals surface area contributed by atoms with Gasteiger partial charge in [-0.05, 0) is 61.6 Å². The molecule has 2 fully saturated rings. The van der Waals surface area contributed by atoms with Crippen molar-refractivity contribution in [1.82, 2.24) is 5.32 Å². The van der Waals surface area contributed by atoms with Crippen LogP contribution in [0.5, 0.6) is 5.75 Å². The van der Waals surface area contributed by atoms with Crippen LogP contribution in [-0.4, -0.2) is 19.7 Å². The van der Waals surface area contributed by atoms with Crippen molar-refractivity contribution < 1.29 is 4.74 Å². The molecule has 1 aromatic carbocycles. The number of methoxy groups -OCH3 is 1. The van der Waals surface area contributed by atoms with Gasteiger partial charge in [0.25, 0.3) is 0 Å². The second-order valence-corrected chi connectivity index (χ2v) is 6.56. The monoisotopic (exact) mass is 273 g/mol. The summed E-state index contributed by atoms with van der Waals surface area (Å²) in [4.78, 5) is 0. The highest BCUT2D eigenvalue weighted by Gasteiger charge is 2.29. The number of nitrogens with one attached hydrogen (secondary N) is 1. The van der Waals surface area contributed by atoms with Gasteiger partial charge in [0.1, 0.15) is 5.75 Å². The Morgan fingerprint density at radius 1 is 1.20 bits per heavy atom. The van der Waals surface area contributed by atoms with Gasteiger partial charge in [0.2, 0.25) is 0 Å². The lowest BCUT2D eigenvalue weighted by atomic mass is 9.84. The molecular weight excluding hydrogens is 246 g/mol. The summed E-state index contributed by atoms with van der Waals surface area (Å²) in [5, 5.41) is 3.74. The molecule has 2 aliphatic rings. The summed E-state index contributed by atoms with van der Waals surface area (Å²) in [5.74, 6) is 2.55. The van der Waals surface area contributed by atoms with E-state index in [2.05, 4.69) is 30.4 Å². The van der Waals surface area contributed by atoms with Crippen LogP contribution in [0.1, 0.15) is 55.6 Å². The van der Waals surface area contributed by atoms with Gasteiger partial charge in [-0.25, -0.2) is 0 Å². The molecule has 1 N–H and O–H groups in total. The molecular formula is C18H27NO. The maximum Gasteiger partial charge on any atom is 0.122 e. The predicted molar refractivity (Wildman–Crippen MR) is 83.5 cm³/mol. The van der Waals surface area contributed by atoms with E-state index >= 15 is 0 Å². The summed E-state index contributed by atoms with van der Waals surface area (Å²) < 4.78 is 5.52. The lowest BCUT2D eigenvalue weighted by Crippen LogP contribution is -2.27. The molecule has 2 nitrogen and oxygen atoms in total. The van der Waals surface area contributed by atoms with Gasteiger partial charge in [-0.15, -0.1) is 0 Å². The standard InChI is InChI=1S/C18H27NO/c1-13-7-8-15(11-18(13)20-2)17(12-19-16-9-10-16)14-5-3-4-6-14/h7-8,11,14,16-17,19H,3-6,9-10,12H2,1-2H3. The Morgan fingerprint density at radius 3 is 2.60 bits per heavy atom. The van der Waals surface area contributed by atoms with Crippen molar-refractivity contribution in [2.75, 3.05) is 13.7 Å². The second kappa shape index (κ2) is 6.17. The van der Waals surface area contributed by atoms with Gasteiger partial charge in [0.05, 0.1) is 7.11 Å². The largest absolute Gasteiger partial charge is 0.496 e. The summed E-state index contributed by atoms with van der Waals surface area (Å²) in [6.07, 6.45) is 8.35. The number of aryl methyl sites for hydroxylation is 1. The topological polar surface area (TPSA) is 21.3 Å². The van der Waals surface area contributed by atoms with E-state index in [0.29, 0.717) is 5.92 Å². The molecule has 2 saturated carbocycles. The van der Waals surface area contributed by atoms with Crippen LogP contribution in [0.2, 0.25) is 0 Å². The van der Waals surface area contributed by atoms with Crippen LogP contribution in [-0.2, 0) is 0 Å². The van der Waals surface area contributed by atoms with Crippen molar-refractivity contribution in [3.63, 3.8) is 0 Å². The minimum absolute atomic E-state index is 0.660. The number of benzene rings is 1. The quantitative estimate of drug-likeness (QED) is 0.845. The molecule has 0 aliphatic heterocycles. The molecule has 110 valence electrons. The molecule has 1 atom stereocenters. The lowest BCUT2D eigenvalue weighted by molar-refractivity contribution is 0.397. The Labute approximate surface area is 122 Å². The van der Waals surface area contributed by atoms with E-state index in [9.17, 15) is 0 Å². The first kappa shape index (κ1) is 13.9. The van der Waals surface area contributed by atoms with Gasteiger partial charge in [0, 0.05) is 12.6 Å². The summed E-state index contributed by atoms with van der Waals surface area (Å²) >= 11 is 0. The van der Waals surface area contributed by atoms with Gasteiger partial charge in [-0.2, -0.15) is 0 Å². The molecule has 20 heavy (non-hydrogen) atoms. The highest BCUT2D eigenvalue weighted by Crippen LogP contribution is 2.38. The van der Waals surface area contributed by atoms with Crippen molar-refractivity contribution in [3.8, 4) is 5.75 Å². The van der Waals surface area contributed by atoms with E-state index in [1.807, 2.05) is 0 Å². The van der Waals surface area contributed by atoms with Gasteiger partial charge in [-0.3, -0.25) is 0 Å². The van der Waals surface area contributed by atoms with Crippen LogP contribution in [0, 0.1) is 12.8 Å². The molecule has 0 heterocycles. The maximum absolute atomic E-state index is 5.52. The Morgan fingerprint density at radius 2 is 1.95 bits per heavy atom. The van der Waals surface area contributed by atoms with E-state index < -0.39 is 0 Å². The predicted octanol–water partition coefficient (Wildman–Crippen LogP) is 4.03. The minimum atomic E-state index is 0.660. The van der Waals surface area contributed by atoms with Gasteiger partial charge >= 0.3 is 0 Å². The highest BCUT2D eigenvalue weighted by molar-refractivity contribution is 5.38. The molecule has 0 radical (unpaired) electrons. The van der Waals surface area contributed by atoms with Crippen LogP contribution in [0.4, 0.5) is 0 Å². The average Bonchev–Trinajstić information content (AvgIpc) is 3.13. The molecule has 1 aromatic rings. The Bertz CT molecular complexity index is 447. The third kappa shape index (κ3) is 3.17. The van der Waals surface area contributed by atoms with Crippen LogP contribution < -0.4 is 10.1 Å². The highest BCUT2D eigenvalue weighted by atomic mass is 16.5. The Balaban J connectivity index is 1.78. The molecule has 2 aliphatic carbocycles. The zero-order chi connectivity index (χ0) is 13.9. The summed E-state index contributed by atoms with van der Waals surface area (Å²) in [6, 6.07) is 7.60. The normalized spacial score (nSPS) is 21.1. The third-order valence-corrected chi connectivity index (χ3v) is 5.03. The van der Waals surface area contributed by atoms with Crippen LogP contribution in [0.15, 0.2) is 18.2 Å². The van der Waals surface area contributed by atoms with Gasteiger partial charge < -0.3 is 10.1 Å². The molecule has 0 amide bonds. The van der Waals surface area contributed by atoms with E-state index in [1.165, 1.54) is 49.7 Å². The van der Waals surface area contributed by atoms with Crippen molar-refractivity contribution >= 4 is 0 Å². The molecule has 0 bridgehead atoms. The Hall–Kier alpha value is -1.02. The zero-order valence-corrected chi connectivity index (χ0v) is 12.8. The number of ether oxygens (including phenoxy) is 1. The van der Waals surface area contributed by atoms with Crippen LogP contribution in [0.3, 0.4) is 0 Å². The zero-order valence-electron chi connectivity index (χ0n) is 12.8. The fourth-order valence-corrected chi connectivity index (χ4v) is 3.56. The number of rotatable bonds is 6. The first-order chi connectivity index (χ1) is 9.78. The molecule has 0 spiro atoms. The van der Waals surface area contributed by atoms with Crippen molar-refractivity contribution in [2.24, 2.45) is 5.92 Å². The molecule has 0 saturated heterocycles. The van der Waals surface area contributed by atoms with Gasteiger partial charge in [0.15, 0.2) is 0 Å². The van der Waals surface area contributed by atoms with Crippen molar-refractivity contribution in [2.45, 2.75) is 57.4 Å². The summed E-state index contributed by atoms with van der Waals surface area (Å²) in [5.41, 5.74) is 2.70. The van der Waals surface area contributed by atoms with E-state index in [0.717, 1.165) is 24.3 Å². The van der Waals surface area contributed by atoms with Crippen LogP contribution in [0.25, 0.3) is 0 Å². The number of hydrogen-bond acceptors (Lipinski definition) is 2. The van der Waals surface area contributed by atoms with E-state index in [4.69, 9.17) is 4.74 Å². The van der Waals surface area contributed by atoms with E-state index in [1.54, 1.807) is 7.11 Å².